The number of aromatic nitrogens is 4. The number of rotatable bonds is 9. The van der Waals surface area contributed by atoms with Gasteiger partial charge in [-0.25, -0.2) is 4.98 Å². The summed E-state index contributed by atoms with van der Waals surface area (Å²) >= 11 is 0. The fourth-order valence-electron chi connectivity index (χ4n) is 6.07. The number of imidazole rings is 1. The molecular weight excluding hydrogens is 477 g/mol. The van der Waals surface area contributed by atoms with Crippen molar-refractivity contribution in [3.05, 3.63) is 16.7 Å². The number of fused-ring (bicyclic) bond motifs is 2. The minimum atomic E-state index is -2.48. The first kappa shape index (κ1) is 24.3. The zero-order chi connectivity index (χ0) is 25.0. The molecule has 0 bridgehead atoms. The number of nitrogens with zero attached hydrogens (tertiary/aromatic N) is 4. The molecule has 5 rings (SSSR count). The van der Waals surface area contributed by atoms with Gasteiger partial charge in [-0.1, -0.05) is 6.92 Å². The van der Waals surface area contributed by atoms with E-state index in [4.69, 9.17) is 25.3 Å². The van der Waals surface area contributed by atoms with E-state index in [1.165, 1.54) is 6.34 Å². The van der Waals surface area contributed by atoms with Crippen molar-refractivity contribution < 1.29 is 23.5 Å². The Labute approximate surface area is 202 Å². The van der Waals surface area contributed by atoms with Crippen LogP contribution in [-0.4, -0.2) is 69.5 Å². The molecule has 2 aromatic rings. The predicted octanol–water partition coefficient (Wildman–Crippen LogP) is 0.875. The fraction of sp³-hybridized carbons (Fsp3) is 0.714. The average molecular weight is 508 g/mol. The van der Waals surface area contributed by atoms with Crippen LogP contribution >= 0.6 is 8.25 Å². The molecule has 3 fully saturated rings. The highest BCUT2D eigenvalue weighted by atomic mass is 31.1. The van der Waals surface area contributed by atoms with E-state index in [9.17, 15) is 14.5 Å². The molecule has 35 heavy (non-hydrogen) atoms. The average Bonchev–Trinajstić information content (AvgIpc) is 3.07. The van der Waals surface area contributed by atoms with Gasteiger partial charge in [0, 0.05) is 23.1 Å². The van der Waals surface area contributed by atoms with Crippen LogP contribution < -0.4 is 17.0 Å². The molecule has 2 unspecified atom stereocenters. The first-order valence-corrected chi connectivity index (χ1v) is 12.7. The fourth-order valence-corrected chi connectivity index (χ4v) is 7.07. The number of anilines is 1. The van der Waals surface area contributed by atoms with Gasteiger partial charge in [-0.05, 0) is 37.0 Å². The summed E-state index contributed by atoms with van der Waals surface area (Å²) in [5, 5.41) is 10.7. The lowest BCUT2D eigenvalue weighted by Crippen LogP contribution is -2.38. The van der Waals surface area contributed by atoms with Crippen molar-refractivity contribution in [2.24, 2.45) is 27.5 Å². The molecular formula is C21H31N7O6P+. The number of aliphatic hydroxyl groups is 1. The third kappa shape index (κ3) is 4.15. The first-order valence-electron chi connectivity index (χ1n) is 11.6. The number of H-pyrrole nitrogens is 1. The highest BCUT2D eigenvalue weighted by molar-refractivity contribution is 7.33. The van der Waals surface area contributed by atoms with Crippen LogP contribution in [0.4, 0.5) is 5.95 Å². The third-order valence-electron chi connectivity index (χ3n) is 7.86. The summed E-state index contributed by atoms with van der Waals surface area (Å²) in [6.07, 6.45) is 4.25. The van der Waals surface area contributed by atoms with E-state index in [1.54, 1.807) is 13.4 Å². The zero-order valence-electron chi connectivity index (χ0n) is 19.7. The van der Waals surface area contributed by atoms with E-state index in [0.29, 0.717) is 18.7 Å². The first-order chi connectivity index (χ1) is 16.7. The maximum absolute atomic E-state index is 12.8. The van der Waals surface area contributed by atoms with Gasteiger partial charge < -0.3 is 25.9 Å². The van der Waals surface area contributed by atoms with E-state index in [1.807, 2.05) is 4.57 Å². The Morgan fingerprint density at radius 3 is 2.97 bits per heavy atom. The lowest BCUT2D eigenvalue weighted by Gasteiger charge is -2.23. The van der Waals surface area contributed by atoms with E-state index >= 15 is 0 Å². The molecule has 2 heterocycles. The lowest BCUT2D eigenvalue weighted by molar-refractivity contribution is -0.0195. The van der Waals surface area contributed by atoms with Gasteiger partial charge in [-0.3, -0.25) is 14.8 Å². The number of aliphatic imine (C=N–C) groups is 1. The smallest absolute Gasteiger partial charge is 0.390 e. The summed E-state index contributed by atoms with van der Waals surface area (Å²) in [7, 11) is -0.888. The second-order valence-corrected chi connectivity index (χ2v) is 11.2. The van der Waals surface area contributed by atoms with Gasteiger partial charge in [0.1, 0.15) is 12.7 Å². The number of nitrogen functional groups attached to an aromatic ring is 1. The van der Waals surface area contributed by atoms with Crippen LogP contribution in [0.2, 0.25) is 0 Å². The number of methoxy groups -OCH3 is 1. The molecule has 14 heteroatoms. The number of nitrogens with one attached hydrogen (secondary N) is 1. The van der Waals surface area contributed by atoms with Crippen LogP contribution in [0.3, 0.4) is 0 Å². The Balaban J connectivity index is 1.22. The van der Waals surface area contributed by atoms with Crippen LogP contribution in [0.1, 0.15) is 38.6 Å². The van der Waals surface area contributed by atoms with Crippen molar-refractivity contribution in [2.75, 3.05) is 26.1 Å². The quantitative estimate of drug-likeness (QED) is 0.215. The van der Waals surface area contributed by atoms with Crippen molar-refractivity contribution >= 4 is 31.7 Å². The number of hydrogen-bond donors (Lipinski definition) is 4. The minimum absolute atomic E-state index is 0.0418. The molecule has 0 amide bonds. The number of aromatic amines is 1. The Kier molecular flexibility index (Phi) is 6.17. The molecule has 0 aromatic carbocycles. The molecule has 0 radical (unpaired) electrons. The molecule has 3 aliphatic carbocycles. The molecule has 6 N–H and O–H groups in total. The SMILES string of the molecule is COC[C@]12C[C@@H]1[C@@H](N=CN)[C@H](O)[C@@H]2O[P+](=O)OCC1(C)CC[C@H](n2cnc3c(=O)[nH]c(N)nc32)C1. The second-order valence-electron chi connectivity index (χ2n) is 10.3. The van der Waals surface area contributed by atoms with Gasteiger partial charge in [0.15, 0.2) is 17.3 Å². The summed E-state index contributed by atoms with van der Waals surface area (Å²) in [4.78, 5) is 27.2. The Morgan fingerprint density at radius 2 is 2.23 bits per heavy atom. The molecule has 0 saturated heterocycles. The largest absolute Gasteiger partial charge is 0.697 e. The Morgan fingerprint density at radius 1 is 1.43 bits per heavy atom. The summed E-state index contributed by atoms with van der Waals surface area (Å²) in [6, 6.07) is -0.360. The zero-order valence-corrected chi connectivity index (χ0v) is 20.6. The highest BCUT2D eigenvalue weighted by Crippen LogP contribution is 2.66. The number of hydrogen-bond acceptors (Lipinski definition) is 10. The van der Waals surface area contributed by atoms with Gasteiger partial charge in [0.25, 0.3) is 5.56 Å². The summed E-state index contributed by atoms with van der Waals surface area (Å²) < 4.78 is 31.5. The van der Waals surface area contributed by atoms with Gasteiger partial charge in [-0.15, -0.1) is 9.05 Å². The van der Waals surface area contributed by atoms with Crippen LogP contribution in [0.5, 0.6) is 0 Å². The van der Waals surface area contributed by atoms with E-state index in [2.05, 4.69) is 26.9 Å². The maximum atomic E-state index is 12.8. The molecule has 8 atom stereocenters. The molecule has 0 aliphatic heterocycles. The van der Waals surface area contributed by atoms with E-state index < -0.39 is 31.9 Å². The monoisotopic (exact) mass is 508 g/mol. The van der Waals surface area contributed by atoms with Gasteiger partial charge in [0.2, 0.25) is 5.95 Å². The topological polar surface area (TPSA) is 193 Å². The van der Waals surface area contributed by atoms with Crippen molar-refractivity contribution in [3.63, 3.8) is 0 Å². The van der Waals surface area contributed by atoms with E-state index in [-0.39, 0.29) is 41.0 Å². The number of ether oxygens (including phenoxy) is 1. The molecule has 3 saturated carbocycles. The second kappa shape index (κ2) is 8.90. The minimum Gasteiger partial charge on any atom is -0.390 e. The number of nitrogens with two attached hydrogens (primary N) is 2. The van der Waals surface area contributed by atoms with Crippen LogP contribution in [-0.2, 0) is 18.3 Å². The lowest BCUT2D eigenvalue weighted by atomic mass is 9.90. The molecule has 2 aromatic heterocycles. The van der Waals surface area contributed by atoms with Gasteiger partial charge >= 0.3 is 8.25 Å². The van der Waals surface area contributed by atoms with Gasteiger partial charge in [-0.2, -0.15) is 4.98 Å². The van der Waals surface area contributed by atoms with Gasteiger partial charge in [0.05, 0.1) is 25.3 Å². The number of aliphatic hydroxyl groups excluding tert-OH is 1. The summed E-state index contributed by atoms with van der Waals surface area (Å²) in [5.41, 5.74) is 10.8. The highest BCUT2D eigenvalue weighted by Gasteiger charge is 2.74. The van der Waals surface area contributed by atoms with E-state index in [0.717, 1.165) is 19.3 Å². The van der Waals surface area contributed by atoms with Crippen LogP contribution in [0.15, 0.2) is 16.1 Å². The van der Waals surface area contributed by atoms with Crippen molar-refractivity contribution in [2.45, 2.75) is 56.9 Å². The molecule has 0 spiro atoms. The summed E-state index contributed by atoms with van der Waals surface area (Å²) in [6.45, 7) is 2.65. The summed E-state index contributed by atoms with van der Waals surface area (Å²) in [5.74, 6) is 0.110. The van der Waals surface area contributed by atoms with Crippen LogP contribution in [0.25, 0.3) is 11.2 Å². The maximum Gasteiger partial charge on any atom is 0.697 e. The third-order valence-corrected chi connectivity index (χ3v) is 8.60. The molecule has 13 nitrogen and oxygen atoms in total. The Bertz CT molecular complexity index is 1220. The molecule has 190 valence electrons. The standard InChI is InChI=1S/C21H30N7O6P/c1-20(4-3-11(5-20)28-10-25-14-17(28)26-19(23)27-18(14)30)7-33-35(31)34-16-15(29)13(24-9-22)12-6-21(12,16)8-32-2/h9-13,15-16,29H,3-8H2,1-2H3,(H4-,22,23,24,26,27,30)/p+1/t11-,12+,13+,15-,16-,20?,21+/m0/s1. The van der Waals surface area contributed by atoms with Crippen LogP contribution in [0, 0.1) is 16.7 Å². The molecule has 3 aliphatic rings. The van der Waals surface area contributed by atoms with Crippen molar-refractivity contribution in [3.8, 4) is 0 Å². The predicted molar refractivity (Wildman–Crippen MR) is 127 cm³/mol. The Hall–Kier alpha value is -2.44. The normalized spacial score (nSPS) is 36.8. The van der Waals surface area contributed by atoms with Crippen molar-refractivity contribution in [1.82, 2.24) is 19.5 Å². The van der Waals surface area contributed by atoms with Crippen molar-refractivity contribution in [1.29, 1.82) is 0 Å².